The molecule has 0 aromatic heterocycles. The third kappa shape index (κ3) is 9.77. The summed E-state index contributed by atoms with van der Waals surface area (Å²) in [6.45, 7) is 13.2. The molecule has 15 heteroatoms. The fourth-order valence-electron chi connectivity index (χ4n) is 8.50. The molecule has 7 amide bonds. The third-order valence-corrected chi connectivity index (χ3v) is 12.3. The van der Waals surface area contributed by atoms with Gasteiger partial charge in [-0.05, 0) is 60.2 Å². The molecule has 0 unspecified atom stereocenters. The predicted molar refractivity (Wildman–Crippen MR) is 195 cm³/mol. The second-order valence-electron chi connectivity index (χ2n) is 18.9. The summed E-state index contributed by atoms with van der Waals surface area (Å²) in [4.78, 5) is 96.9. The largest absolute Gasteiger partial charge is 0.347 e. The van der Waals surface area contributed by atoms with Gasteiger partial charge < -0.3 is 26.2 Å². The maximum absolute atomic E-state index is 15.3. The van der Waals surface area contributed by atoms with Gasteiger partial charge in [-0.25, -0.2) is 13.6 Å². The number of ketones is 1. The first kappa shape index (κ1) is 41.5. The molecule has 6 atom stereocenters. The van der Waals surface area contributed by atoms with E-state index in [1.807, 2.05) is 48.5 Å². The third-order valence-electron chi connectivity index (χ3n) is 12.3. The van der Waals surface area contributed by atoms with E-state index in [1.54, 1.807) is 0 Å². The smallest absolute Gasteiger partial charge is 0.315 e. The van der Waals surface area contributed by atoms with Crippen molar-refractivity contribution in [2.75, 3.05) is 13.1 Å². The van der Waals surface area contributed by atoms with Crippen molar-refractivity contribution in [3.8, 4) is 0 Å². The molecule has 3 saturated heterocycles. The van der Waals surface area contributed by atoms with Crippen LogP contribution in [0, 0.1) is 28.1 Å². The number of halogens is 2. The van der Waals surface area contributed by atoms with Crippen LogP contribution in [0.5, 0.6) is 0 Å². The van der Waals surface area contributed by atoms with E-state index in [1.165, 1.54) is 4.90 Å². The van der Waals surface area contributed by atoms with Crippen molar-refractivity contribution >= 4 is 41.4 Å². The molecule has 5 rings (SSSR count). The number of Topliss-reactive ketones (excluding diaryl/α,β-unsaturated/α-hetero) is 1. The predicted octanol–water partition coefficient (Wildman–Crippen LogP) is 3.83. The van der Waals surface area contributed by atoms with Crippen LogP contribution in [0.3, 0.4) is 0 Å². The first-order chi connectivity index (χ1) is 25.0. The van der Waals surface area contributed by atoms with Crippen LogP contribution in [0.1, 0.15) is 126 Å². The van der Waals surface area contributed by atoms with Crippen LogP contribution < -0.4 is 21.3 Å². The Kier molecular flexibility index (Phi) is 11.9. The number of piperidine rings is 2. The van der Waals surface area contributed by atoms with E-state index >= 15 is 8.78 Å². The Morgan fingerprint density at radius 3 is 2.11 bits per heavy atom. The van der Waals surface area contributed by atoms with Crippen LogP contribution in [0.2, 0.25) is 0 Å². The number of amides is 7. The highest BCUT2D eigenvalue weighted by atomic mass is 19.3. The Bertz CT molecular complexity index is 1500. The number of alkyl halides is 2. The first-order valence-corrected chi connectivity index (χ1v) is 19.7. The number of urea groups is 1. The van der Waals surface area contributed by atoms with E-state index in [9.17, 15) is 33.6 Å². The molecule has 5 aliphatic rings. The van der Waals surface area contributed by atoms with Gasteiger partial charge in [0.2, 0.25) is 35.3 Å². The van der Waals surface area contributed by atoms with Gasteiger partial charge in [0.05, 0.1) is 12.1 Å². The van der Waals surface area contributed by atoms with Crippen LogP contribution in [0.4, 0.5) is 13.6 Å². The fraction of sp³-hybridized carbons (Fsp3) is 0.821. The minimum absolute atomic E-state index is 0.0662. The molecule has 0 aromatic carbocycles. The standard InChI is InChI=1S/C39H60F2N6O7/c1-36(2,3)26(21-46-27(48)18-37(4,5)19-28(46)49)45-35(54)44-25-15-17-39(40,41)16-11-9-8-10-12-24(31(50)33(52)42-22-13-14-22)43-32(51)30-29-23(38(29,6)7)20-47(30)34(25)53/h22-26,29-30H,8-21H2,1-7H3,(H,42,52)(H,43,51)(H2,44,45,54)/t23-,24-,25-,26+,29-,30-/m0/s1. The normalized spacial score (nSPS) is 30.7. The lowest BCUT2D eigenvalue weighted by Gasteiger charge is -2.40. The minimum Gasteiger partial charge on any atom is -0.347 e. The zero-order valence-electron chi connectivity index (χ0n) is 32.9. The lowest BCUT2D eigenvalue weighted by molar-refractivity contribution is -0.153. The molecule has 0 bridgehead atoms. The number of carbonyl (C=O) groups is 7. The second kappa shape index (κ2) is 15.5. The average molecular weight is 763 g/mol. The highest BCUT2D eigenvalue weighted by Gasteiger charge is 2.69. The minimum atomic E-state index is -3.13. The average Bonchev–Trinajstić information content (AvgIpc) is 3.90. The number of likely N-dealkylation sites (tertiary alicyclic amines) is 1. The quantitative estimate of drug-likeness (QED) is 0.225. The van der Waals surface area contributed by atoms with E-state index < -0.39 is 89.7 Å². The second-order valence-corrected chi connectivity index (χ2v) is 18.9. The molecule has 0 radical (unpaired) electrons. The lowest BCUT2D eigenvalue weighted by Crippen LogP contribution is -2.61. The first-order valence-electron chi connectivity index (χ1n) is 19.7. The van der Waals surface area contributed by atoms with Gasteiger partial charge in [-0.1, -0.05) is 67.7 Å². The molecule has 302 valence electrons. The fourth-order valence-corrected chi connectivity index (χ4v) is 8.50. The lowest BCUT2D eigenvalue weighted by atomic mass is 9.80. The van der Waals surface area contributed by atoms with Gasteiger partial charge in [0.15, 0.2) is 0 Å². The number of hydrogen-bond acceptors (Lipinski definition) is 7. The van der Waals surface area contributed by atoms with E-state index in [-0.39, 0.29) is 73.9 Å². The highest BCUT2D eigenvalue weighted by molar-refractivity contribution is 6.38. The molecule has 2 saturated carbocycles. The Labute approximate surface area is 317 Å². The van der Waals surface area contributed by atoms with Gasteiger partial charge in [-0.15, -0.1) is 0 Å². The summed E-state index contributed by atoms with van der Waals surface area (Å²) in [6, 6.07) is -5.25. The number of hydrogen-bond donors (Lipinski definition) is 4. The Morgan fingerprint density at radius 2 is 1.50 bits per heavy atom. The van der Waals surface area contributed by atoms with Crippen molar-refractivity contribution in [3.05, 3.63) is 0 Å². The SMILES string of the molecule is CC1(C)CC(=O)N(C[C@@H](NC(=O)N[C@H]2CCC(F)(F)CCCCCC[C@@H](C(=O)C(=O)NC3CC3)NC(=O)[C@@H]3[C@@H]4[C@H](CN3C2=O)C4(C)C)C(C)(C)C)C(=O)C1. The summed E-state index contributed by atoms with van der Waals surface area (Å²) < 4.78 is 30.6. The molecule has 2 aliphatic carbocycles. The summed E-state index contributed by atoms with van der Waals surface area (Å²) in [7, 11) is 0. The molecule has 5 fully saturated rings. The zero-order chi connectivity index (χ0) is 40.0. The van der Waals surface area contributed by atoms with Gasteiger partial charge in [-0.3, -0.25) is 33.7 Å². The molecule has 3 heterocycles. The highest BCUT2D eigenvalue weighted by Crippen LogP contribution is 2.65. The Hall–Kier alpha value is -3.65. The number of carbonyl (C=O) groups excluding carboxylic acids is 7. The van der Waals surface area contributed by atoms with Gasteiger partial charge in [0.25, 0.3) is 5.91 Å². The van der Waals surface area contributed by atoms with Crippen LogP contribution in [-0.4, -0.2) is 100 Å². The molecule has 0 spiro atoms. The summed E-state index contributed by atoms with van der Waals surface area (Å²) in [5.41, 5.74) is -1.45. The van der Waals surface area contributed by atoms with Crippen LogP contribution in [0.25, 0.3) is 0 Å². The van der Waals surface area contributed by atoms with Crippen molar-refractivity contribution in [2.24, 2.45) is 28.1 Å². The van der Waals surface area contributed by atoms with Gasteiger partial charge in [0.1, 0.15) is 12.1 Å². The maximum atomic E-state index is 15.3. The molecule has 54 heavy (non-hydrogen) atoms. The number of fused-ring (bicyclic) bond motifs is 3. The van der Waals surface area contributed by atoms with Gasteiger partial charge in [0, 0.05) is 44.8 Å². The molecular formula is C39H60F2N6O7. The maximum Gasteiger partial charge on any atom is 0.315 e. The van der Waals surface area contributed by atoms with Gasteiger partial charge in [-0.2, -0.15) is 0 Å². The molecule has 3 aliphatic heterocycles. The van der Waals surface area contributed by atoms with Crippen LogP contribution >= 0.6 is 0 Å². The summed E-state index contributed by atoms with van der Waals surface area (Å²) in [5, 5.41) is 10.9. The molecule has 13 nitrogen and oxygen atoms in total. The van der Waals surface area contributed by atoms with Crippen molar-refractivity contribution in [1.82, 2.24) is 31.1 Å². The van der Waals surface area contributed by atoms with Gasteiger partial charge >= 0.3 is 6.03 Å². The topological polar surface area (TPSA) is 174 Å². The number of nitrogens with one attached hydrogen (secondary N) is 4. The Balaban J connectivity index is 1.38. The number of imide groups is 1. The number of nitrogens with zero attached hydrogens (tertiary/aromatic N) is 2. The van der Waals surface area contributed by atoms with Crippen molar-refractivity contribution in [1.29, 1.82) is 0 Å². The number of rotatable bonds is 7. The van der Waals surface area contributed by atoms with E-state index in [4.69, 9.17) is 0 Å². The summed E-state index contributed by atoms with van der Waals surface area (Å²) >= 11 is 0. The van der Waals surface area contributed by atoms with Crippen LogP contribution in [-0.2, 0) is 28.8 Å². The van der Waals surface area contributed by atoms with E-state index in [0.29, 0.717) is 19.3 Å². The monoisotopic (exact) mass is 762 g/mol. The van der Waals surface area contributed by atoms with Crippen molar-refractivity contribution in [3.63, 3.8) is 0 Å². The van der Waals surface area contributed by atoms with E-state index in [0.717, 1.165) is 17.7 Å². The van der Waals surface area contributed by atoms with Crippen LogP contribution in [0.15, 0.2) is 0 Å². The Morgan fingerprint density at radius 1 is 0.870 bits per heavy atom. The van der Waals surface area contributed by atoms with Crippen molar-refractivity contribution in [2.45, 2.75) is 162 Å². The zero-order valence-corrected chi connectivity index (χ0v) is 32.9. The van der Waals surface area contributed by atoms with E-state index in [2.05, 4.69) is 21.3 Å². The molecular weight excluding hydrogens is 702 g/mol. The molecule has 0 aromatic rings. The molecule has 4 N–H and O–H groups in total. The summed E-state index contributed by atoms with van der Waals surface area (Å²) in [5.74, 6) is -7.01. The summed E-state index contributed by atoms with van der Waals surface area (Å²) in [6.07, 6.45) is 2.15. The van der Waals surface area contributed by atoms with Crippen molar-refractivity contribution < 1.29 is 42.3 Å².